The van der Waals surface area contributed by atoms with Crippen molar-refractivity contribution in [3.05, 3.63) is 62.4 Å². The van der Waals surface area contributed by atoms with E-state index in [1.54, 1.807) is 18.4 Å². The topological polar surface area (TPSA) is 90.6 Å². The number of aromatic nitrogens is 2. The number of para-hydroxylation sites is 1. The van der Waals surface area contributed by atoms with Crippen LogP contribution in [0, 0.1) is 11.7 Å². The third-order valence-electron chi connectivity index (χ3n) is 5.54. The summed E-state index contributed by atoms with van der Waals surface area (Å²) in [4.78, 5) is 52.9. The first-order chi connectivity index (χ1) is 15.4. The van der Waals surface area contributed by atoms with Gasteiger partial charge in [0, 0.05) is 13.1 Å². The predicted octanol–water partition coefficient (Wildman–Crippen LogP) is 2.15. The highest BCUT2D eigenvalue weighted by molar-refractivity contribution is 7.17. The molecule has 0 bridgehead atoms. The smallest absolute Gasteiger partial charge is 0.336 e. The van der Waals surface area contributed by atoms with Crippen molar-refractivity contribution >= 4 is 33.4 Å². The molecular formula is C22H22FN3O5S. The van der Waals surface area contributed by atoms with Crippen LogP contribution in [0.1, 0.15) is 19.8 Å². The van der Waals surface area contributed by atoms with Crippen molar-refractivity contribution in [3.63, 3.8) is 0 Å². The average Bonchev–Trinajstić information content (AvgIpc) is 3.28. The third kappa shape index (κ3) is 3.97. The molecule has 10 heteroatoms. The highest BCUT2D eigenvalue weighted by atomic mass is 32.1. The summed E-state index contributed by atoms with van der Waals surface area (Å²) < 4.78 is 21.7. The summed E-state index contributed by atoms with van der Waals surface area (Å²) in [7, 11) is 0. The van der Waals surface area contributed by atoms with E-state index in [1.807, 2.05) is 0 Å². The lowest BCUT2D eigenvalue weighted by Crippen LogP contribution is -2.46. The first-order valence-corrected chi connectivity index (χ1v) is 11.2. The summed E-state index contributed by atoms with van der Waals surface area (Å²) in [5, 5.41) is 1.65. The second-order valence-corrected chi connectivity index (χ2v) is 8.44. The van der Waals surface area contributed by atoms with E-state index in [0.29, 0.717) is 24.9 Å². The molecule has 3 heterocycles. The lowest BCUT2D eigenvalue weighted by atomic mass is 9.98. The van der Waals surface area contributed by atoms with E-state index < -0.39 is 23.0 Å². The maximum Gasteiger partial charge on any atom is 0.336 e. The first-order valence-electron chi connectivity index (χ1n) is 10.3. The van der Waals surface area contributed by atoms with E-state index in [-0.39, 0.29) is 42.0 Å². The quantitative estimate of drug-likeness (QED) is 0.546. The minimum absolute atomic E-state index is 0.167. The van der Waals surface area contributed by atoms with Gasteiger partial charge < -0.3 is 9.64 Å². The number of thiophene rings is 1. The molecule has 1 aromatic carbocycles. The molecule has 0 unspecified atom stereocenters. The fraction of sp³-hybridized carbons (Fsp3) is 0.364. The van der Waals surface area contributed by atoms with Gasteiger partial charge in [-0.15, -0.1) is 11.3 Å². The average molecular weight is 459 g/mol. The van der Waals surface area contributed by atoms with Crippen LogP contribution in [-0.4, -0.2) is 45.6 Å². The Morgan fingerprint density at radius 2 is 2.00 bits per heavy atom. The Hall–Kier alpha value is -3.27. The lowest BCUT2D eigenvalue weighted by Gasteiger charge is -2.31. The Morgan fingerprint density at radius 1 is 1.22 bits per heavy atom. The standard InChI is InChI=1S/C22H22FN3O5S/c1-2-31-21(29)14-6-5-10-24(12-14)18(27)13-25-17-9-11-32-19(17)20(28)26(22(25)30)16-8-4-3-7-15(16)23/h3-4,7-9,11,14H,2,5-6,10,12-13H2,1H3/t14-/m0/s1. The Balaban J connectivity index is 1.71. The van der Waals surface area contributed by atoms with Crippen molar-refractivity contribution < 1.29 is 18.7 Å². The van der Waals surface area contributed by atoms with Crippen LogP contribution in [0.25, 0.3) is 15.9 Å². The van der Waals surface area contributed by atoms with Crippen LogP contribution in [-0.2, 0) is 20.9 Å². The fourth-order valence-corrected chi connectivity index (χ4v) is 4.80. The molecule has 8 nitrogen and oxygen atoms in total. The van der Waals surface area contributed by atoms with Gasteiger partial charge in [-0.25, -0.2) is 13.8 Å². The summed E-state index contributed by atoms with van der Waals surface area (Å²) in [6.07, 6.45) is 1.28. The monoisotopic (exact) mass is 459 g/mol. The second kappa shape index (κ2) is 9.07. The van der Waals surface area contributed by atoms with Crippen LogP contribution in [0.2, 0.25) is 0 Å². The van der Waals surface area contributed by atoms with Gasteiger partial charge in [-0.1, -0.05) is 12.1 Å². The third-order valence-corrected chi connectivity index (χ3v) is 6.43. The number of hydrogen-bond donors (Lipinski definition) is 0. The van der Waals surface area contributed by atoms with Crippen LogP contribution < -0.4 is 11.2 Å². The number of nitrogens with zero attached hydrogens (tertiary/aromatic N) is 3. The van der Waals surface area contributed by atoms with Crippen molar-refractivity contribution in [2.45, 2.75) is 26.3 Å². The Labute approximate surface area is 186 Å². The van der Waals surface area contributed by atoms with E-state index in [2.05, 4.69) is 0 Å². The van der Waals surface area contributed by atoms with Gasteiger partial charge in [0.2, 0.25) is 5.91 Å². The lowest BCUT2D eigenvalue weighted by molar-refractivity contribution is -0.151. The zero-order valence-electron chi connectivity index (χ0n) is 17.5. The van der Waals surface area contributed by atoms with Gasteiger partial charge >= 0.3 is 11.7 Å². The number of carbonyl (C=O) groups is 2. The van der Waals surface area contributed by atoms with E-state index in [4.69, 9.17) is 4.74 Å². The molecule has 1 fully saturated rings. The number of halogens is 1. The number of hydrogen-bond acceptors (Lipinski definition) is 6. The van der Waals surface area contributed by atoms with Crippen LogP contribution in [0.15, 0.2) is 45.3 Å². The maximum absolute atomic E-state index is 14.4. The van der Waals surface area contributed by atoms with E-state index in [9.17, 15) is 23.6 Å². The molecule has 0 saturated carbocycles. The number of rotatable bonds is 5. The van der Waals surface area contributed by atoms with Gasteiger partial charge in [0.25, 0.3) is 5.56 Å². The Bertz CT molecular complexity index is 1290. The van der Waals surface area contributed by atoms with E-state index in [1.165, 1.54) is 33.7 Å². The largest absolute Gasteiger partial charge is 0.466 e. The van der Waals surface area contributed by atoms with Gasteiger partial charge in [-0.05, 0) is 43.3 Å². The molecular weight excluding hydrogens is 437 g/mol. The summed E-state index contributed by atoms with van der Waals surface area (Å²) in [6, 6.07) is 7.10. The zero-order chi connectivity index (χ0) is 22.8. The van der Waals surface area contributed by atoms with Crippen molar-refractivity contribution in [3.8, 4) is 5.69 Å². The number of ether oxygens (including phenoxy) is 1. The van der Waals surface area contributed by atoms with Crippen molar-refractivity contribution in [1.82, 2.24) is 14.0 Å². The molecule has 1 aliphatic heterocycles. The van der Waals surface area contributed by atoms with Gasteiger partial charge in [-0.2, -0.15) is 0 Å². The van der Waals surface area contributed by atoms with Crippen LogP contribution in [0.4, 0.5) is 4.39 Å². The highest BCUT2D eigenvalue weighted by Gasteiger charge is 2.30. The Morgan fingerprint density at radius 3 is 2.75 bits per heavy atom. The normalized spacial score (nSPS) is 16.3. The molecule has 1 saturated heterocycles. The molecule has 3 aromatic rings. The number of amides is 1. The number of esters is 1. The minimum atomic E-state index is -0.793. The van der Waals surface area contributed by atoms with E-state index in [0.717, 1.165) is 15.9 Å². The molecule has 0 aliphatic carbocycles. The molecule has 0 spiro atoms. The number of piperidine rings is 1. The van der Waals surface area contributed by atoms with Gasteiger partial charge in [0.05, 0.1) is 23.7 Å². The summed E-state index contributed by atoms with van der Waals surface area (Å²) in [6.45, 7) is 2.35. The van der Waals surface area contributed by atoms with Gasteiger partial charge in [0.15, 0.2) is 0 Å². The highest BCUT2D eigenvalue weighted by Crippen LogP contribution is 2.20. The maximum atomic E-state index is 14.4. The minimum Gasteiger partial charge on any atom is -0.466 e. The zero-order valence-corrected chi connectivity index (χ0v) is 18.3. The number of fused-ring (bicyclic) bond motifs is 1. The number of likely N-dealkylation sites (tertiary alicyclic amines) is 1. The van der Waals surface area contributed by atoms with Crippen molar-refractivity contribution in [1.29, 1.82) is 0 Å². The van der Waals surface area contributed by atoms with Crippen molar-refractivity contribution in [2.75, 3.05) is 19.7 Å². The van der Waals surface area contributed by atoms with Crippen LogP contribution >= 0.6 is 11.3 Å². The fourth-order valence-electron chi connectivity index (χ4n) is 3.98. The van der Waals surface area contributed by atoms with E-state index >= 15 is 0 Å². The molecule has 1 amide bonds. The summed E-state index contributed by atoms with van der Waals surface area (Å²) in [5.74, 6) is -1.81. The van der Waals surface area contributed by atoms with Gasteiger partial charge in [0.1, 0.15) is 17.1 Å². The van der Waals surface area contributed by atoms with Crippen LogP contribution in [0.3, 0.4) is 0 Å². The molecule has 2 aromatic heterocycles. The predicted molar refractivity (Wildman–Crippen MR) is 118 cm³/mol. The van der Waals surface area contributed by atoms with Crippen molar-refractivity contribution in [2.24, 2.45) is 5.92 Å². The summed E-state index contributed by atoms with van der Waals surface area (Å²) in [5.41, 5.74) is -1.27. The van der Waals surface area contributed by atoms with Gasteiger partial charge in [-0.3, -0.25) is 19.0 Å². The first kappa shape index (κ1) is 21.9. The molecule has 0 N–H and O–H groups in total. The molecule has 32 heavy (non-hydrogen) atoms. The number of benzene rings is 1. The molecule has 0 radical (unpaired) electrons. The second-order valence-electron chi connectivity index (χ2n) is 7.53. The SMILES string of the molecule is CCOC(=O)[C@H]1CCCN(C(=O)Cn2c(=O)n(-c3ccccc3F)c(=O)c3sccc32)C1. The molecule has 168 valence electrons. The molecule has 1 aliphatic rings. The molecule has 4 rings (SSSR count). The summed E-state index contributed by atoms with van der Waals surface area (Å²) >= 11 is 1.12. The van der Waals surface area contributed by atoms with Crippen LogP contribution in [0.5, 0.6) is 0 Å². The Kier molecular flexibility index (Phi) is 6.22. The molecule has 1 atom stereocenters. The number of carbonyl (C=O) groups excluding carboxylic acids is 2.